The Bertz CT molecular complexity index is 850. The van der Waals surface area contributed by atoms with Crippen LogP contribution in [0.15, 0.2) is 59.5 Å². The van der Waals surface area contributed by atoms with Crippen LogP contribution in [-0.4, -0.2) is 36.8 Å². The molecule has 0 aromatic heterocycles. The summed E-state index contributed by atoms with van der Waals surface area (Å²) in [6, 6.07) is 15.5. The molecule has 0 spiro atoms. The van der Waals surface area contributed by atoms with Crippen molar-refractivity contribution < 1.29 is 13.3 Å². The topological polar surface area (TPSA) is 80.5 Å². The average Bonchev–Trinajstić information content (AvgIpc) is 3.00. The van der Waals surface area contributed by atoms with Gasteiger partial charge in [0.25, 0.3) is 0 Å². The van der Waals surface area contributed by atoms with Gasteiger partial charge in [0.05, 0.1) is 10.9 Å². The van der Waals surface area contributed by atoms with Crippen molar-refractivity contribution in [2.75, 3.05) is 13.1 Å². The van der Waals surface area contributed by atoms with Crippen LogP contribution in [0.25, 0.3) is 0 Å². The summed E-state index contributed by atoms with van der Waals surface area (Å²) < 4.78 is 27.3. The van der Waals surface area contributed by atoms with E-state index in [2.05, 4.69) is 0 Å². The van der Waals surface area contributed by atoms with Gasteiger partial charge in [-0.1, -0.05) is 48.0 Å². The zero-order valence-electron chi connectivity index (χ0n) is 13.9. The van der Waals surface area contributed by atoms with Crippen molar-refractivity contribution in [1.82, 2.24) is 4.31 Å². The highest BCUT2D eigenvalue weighted by Gasteiger charge is 2.43. The highest BCUT2D eigenvalue weighted by Crippen LogP contribution is 2.35. The van der Waals surface area contributed by atoms with Crippen LogP contribution in [-0.2, 0) is 10.0 Å². The lowest BCUT2D eigenvalue weighted by atomic mass is 9.96. The second kappa shape index (κ2) is 6.93. The minimum absolute atomic E-state index is 0.0358. The molecule has 0 aliphatic carbocycles. The van der Waals surface area contributed by atoms with Gasteiger partial charge in [-0.2, -0.15) is 4.31 Å². The molecular formula is C18H20N2O4S. The number of sulfonamides is 1. The number of nitrogens with zero attached hydrogens (tertiary/aromatic N) is 2. The van der Waals surface area contributed by atoms with Crippen LogP contribution in [0.2, 0.25) is 0 Å². The second-order valence-corrected chi connectivity index (χ2v) is 8.29. The van der Waals surface area contributed by atoms with Crippen molar-refractivity contribution in [3.8, 4) is 0 Å². The van der Waals surface area contributed by atoms with E-state index < -0.39 is 21.0 Å². The molecule has 2 atom stereocenters. The smallest absolute Gasteiger partial charge is 0.243 e. The number of hydrogen-bond donors (Lipinski definition) is 0. The Morgan fingerprint density at radius 2 is 1.76 bits per heavy atom. The molecule has 0 saturated carbocycles. The van der Waals surface area contributed by atoms with Gasteiger partial charge in [-0.05, 0) is 37.0 Å². The van der Waals surface area contributed by atoms with Crippen LogP contribution in [0, 0.1) is 17.0 Å². The van der Waals surface area contributed by atoms with Crippen LogP contribution in [0.3, 0.4) is 0 Å². The highest BCUT2D eigenvalue weighted by atomic mass is 32.2. The Balaban J connectivity index is 1.93. The van der Waals surface area contributed by atoms with E-state index in [1.54, 1.807) is 24.3 Å². The van der Waals surface area contributed by atoms with Gasteiger partial charge in [0.15, 0.2) is 0 Å². The molecule has 7 heteroatoms. The average molecular weight is 360 g/mol. The Morgan fingerprint density at radius 1 is 1.12 bits per heavy atom. The zero-order chi connectivity index (χ0) is 18.0. The van der Waals surface area contributed by atoms with Crippen LogP contribution in [0.5, 0.6) is 0 Å². The molecule has 1 fully saturated rings. The van der Waals surface area contributed by atoms with Gasteiger partial charge in [-0.15, -0.1) is 0 Å². The third-order valence-corrected chi connectivity index (χ3v) is 6.56. The number of nitro groups is 1. The molecule has 2 unspecified atom stereocenters. The first-order chi connectivity index (χ1) is 11.9. The summed E-state index contributed by atoms with van der Waals surface area (Å²) in [5.41, 5.74) is 1.97. The molecule has 1 aliphatic heterocycles. The summed E-state index contributed by atoms with van der Waals surface area (Å²) in [4.78, 5) is 10.8. The third-order valence-electron chi connectivity index (χ3n) is 4.62. The van der Waals surface area contributed by atoms with Gasteiger partial charge < -0.3 is 0 Å². The zero-order valence-corrected chi connectivity index (χ0v) is 14.7. The van der Waals surface area contributed by atoms with Crippen LogP contribution >= 0.6 is 0 Å². The van der Waals surface area contributed by atoms with Crippen LogP contribution in [0.4, 0.5) is 0 Å². The summed E-state index contributed by atoms with van der Waals surface area (Å²) in [5.74, 6) is -0.0358. The van der Waals surface area contributed by atoms with Gasteiger partial charge in [0, 0.05) is 11.5 Å². The molecule has 132 valence electrons. The molecule has 1 heterocycles. The van der Waals surface area contributed by atoms with E-state index in [-0.39, 0.29) is 23.9 Å². The molecule has 2 aromatic rings. The summed E-state index contributed by atoms with van der Waals surface area (Å²) in [5, 5.41) is 11.0. The van der Waals surface area contributed by atoms with Crippen molar-refractivity contribution in [3.05, 3.63) is 75.8 Å². The Labute approximate surface area is 147 Å². The van der Waals surface area contributed by atoms with E-state index in [1.165, 1.54) is 4.31 Å². The van der Waals surface area contributed by atoms with E-state index in [4.69, 9.17) is 0 Å². The minimum atomic E-state index is -3.76. The summed E-state index contributed by atoms with van der Waals surface area (Å²) in [6.45, 7) is 1.76. The lowest BCUT2D eigenvalue weighted by Gasteiger charge is -2.21. The summed E-state index contributed by atoms with van der Waals surface area (Å²) in [6.07, 6.45) is 0.454. The van der Waals surface area contributed by atoms with Crippen LogP contribution in [0.1, 0.15) is 23.5 Å². The molecule has 2 aromatic carbocycles. The second-order valence-electron chi connectivity index (χ2n) is 6.40. The first-order valence-electron chi connectivity index (χ1n) is 8.13. The molecule has 1 aliphatic rings. The third kappa shape index (κ3) is 3.72. The molecule has 1 saturated heterocycles. The molecule has 0 N–H and O–H groups in total. The fourth-order valence-electron chi connectivity index (χ4n) is 3.33. The summed E-state index contributed by atoms with van der Waals surface area (Å²) in [7, 11) is -3.76. The maximum atomic E-state index is 13.0. The summed E-state index contributed by atoms with van der Waals surface area (Å²) >= 11 is 0. The fourth-order valence-corrected chi connectivity index (χ4v) is 5.00. The van der Waals surface area contributed by atoms with E-state index in [9.17, 15) is 18.5 Å². The normalized spacial score (nSPS) is 21.3. The van der Waals surface area contributed by atoms with Crippen molar-refractivity contribution in [2.45, 2.75) is 30.2 Å². The van der Waals surface area contributed by atoms with E-state index in [0.717, 1.165) is 11.1 Å². The molecule has 0 radical (unpaired) electrons. The van der Waals surface area contributed by atoms with Gasteiger partial charge in [0.1, 0.15) is 0 Å². The van der Waals surface area contributed by atoms with E-state index in [0.29, 0.717) is 6.42 Å². The molecule has 3 rings (SSSR count). The maximum absolute atomic E-state index is 13.0. The first kappa shape index (κ1) is 17.6. The number of aryl methyl sites for hydroxylation is 1. The Morgan fingerprint density at radius 3 is 2.36 bits per heavy atom. The van der Waals surface area contributed by atoms with Crippen LogP contribution < -0.4 is 0 Å². The van der Waals surface area contributed by atoms with E-state index in [1.807, 2.05) is 37.3 Å². The standard InChI is InChI=1S/C18H20N2O4S/c1-14-7-9-18(10-8-14)25(23,24)19-12-16(11-17(19)13-20(21)22)15-5-3-2-4-6-15/h2-10,16-17H,11-13H2,1H3. The Kier molecular flexibility index (Phi) is 4.87. The highest BCUT2D eigenvalue weighted by molar-refractivity contribution is 7.89. The van der Waals surface area contributed by atoms with Gasteiger partial charge >= 0.3 is 0 Å². The largest absolute Gasteiger partial charge is 0.264 e. The van der Waals surface area contributed by atoms with Crippen molar-refractivity contribution in [1.29, 1.82) is 0 Å². The van der Waals surface area contributed by atoms with Gasteiger partial charge in [0.2, 0.25) is 16.6 Å². The van der Waals surface area contributed by atoms with Gasteiger partial charge in [-0.25, -0.2) is 8.42 Å². The quantitative estimate of drug-likeness (QED) is 0.606. The lowest BCUT2D eigenvalue weighted by Crippen LogP contribution is -2.39. The van der Waals surface area contributed by atoms with Gasteiger partial charge in [-0.3, -0.25) is 10.1 Å². The van der Waals surface area contributed by atoms with Crippen molar-refractivity contribution in [2.24, 2.45) is 0 Å². The van der Waals surface area contributed by atoms with E-state index >= 15 is 0 Å². The fraction of sp³-hybridized carbons (Fsp3) is 0.333. The predicted octanol–water partition coefficient (Wildman–Crippen LogP) is 2.82. The SMILES string of the molecule is Cc1ccc(S(=O)(=O)N2CC(c3ccccc3)CC2C[N+](=O)[O-])cc1. The number of rotatable bonds is 5. The molecule has 6 nitrogen and oxygen atoms in total. The molecule has 25 heavy (non-hydrogen) atoms. The maximum Gasteiger partial charge on any atom is 0.243 e. The lowest BCUT2D eigenvalue weighted by molar-refractivity contribution is -0.485. The molecule has 0 amide bonds. The predicted molar refractivity (Wildman–Crippen MR) is 94.5 cm³/mol. The monoisotopic (exact) mass is 360 g/mol. The molecular weight excluding hydrogens is 340 g/mol. The van der Waals surface area contributed by atoms with Crippen molar-refractivity contribution in [3.63, 3.8) is 0 Å². The minimum Gasteiger partial charge on any atom is -0.264 e. The van der Waals surface area contributed by atoms with Crippen molar-refractivity contribution >= 4 is 10.0 Å². The first-order valence-corrected chi connectivity index (χ1v) is 9.57. The molecule has 0 bridgehead atoms. The Hall–Kier alpha value is -2.25. The number of hydrogen-bond acceptors (Lipinski definition) is 4. The number of benzene rings is 2.